The van der Waals surface area contributed by atoms with Crippen molar-refractivity contribution in [3.63, 3.8) is 0 Å². The SMILES string of the molecule is CCCC(CC)CC(C)C(C)(CCC)CCC. The summed E-state index contributed by atoms with van der Waals surface area (Å²) >= 11 is 0. The molecule has 0 fully saturated rings. The van der Waals surface area contributed by atoms with Gasteiger partial charge in [0.1, 0.15) is 0 Å². The summed E-state index contributed by atoms with van der Waals surface area (Å²) in [6.07, 6.45) is 11.1. The molecule has 2 unspecified atom stereocenters. The van der Waals surface area contributed by atoms with E-state index in [9.17, 15) is 0 Å². The highest BCUT2D eigenvalue weighted by molar-refractivity contribution is 4.81. The molecule has 0 aromatic heterocycles. The predicted octanol–water partition coefficient (Wildman–Crippen LogP) is 6.45. The van der Waals surface area contributed by atoms with Crippen LogP contribution in [0, 0.1) is 17.3 Å². The zero-order valence-corrected chi connectivity index (χ0v) is 13.3. The van der Waals surface area contributed by atoms with Crippen molar-refractivity contribution in [2.45, 2.75) is 92.9 Å². The van der Waals surface area contributed by atoms with Gasteiger partial charge < -0.3 is 0 Å². The molecule has 0 heterocycles. The zero-order valence-electron chi connectivity index (χ0n) is 13.3. The second-order valence-electron chi connectivity index (χ2n) is 6.35. The van der Waals surface area contributed by atoms with Crippen LogP contribution < -0.4 is 0 Å². The lowest BCUT2D eigenvalue weighted by Crippen LogP contribution is -2.27. The Hall–Kier alpha value is 0. The van der Waals surface area contributed by atoms with Gasteiger partial charge in [-0.2, -0.15) is 0 Å². The summed E-state index contributed by atoms with van der Waals surface area (Å²) in [5.74, 6) is 1.85. The summed E-state index contributed by atoms with van der Waals surface area (Å²) < 4.78 is 0. The van der Waals surface area contributed by atoms with Crippen LogP contribution in [0.25, 0.3) is 0 Å². The third-order valence-corrected chi connectivity index (χ3v) is 4.79. The highest BCUT2D eigenvalue weighted by Crippen LogP contribution is 2.41. The maximum Gasteiger partial charge on any atom is -0.0300 e. The molecule has 0 radical (unpaired) electrons. The van der Waals surface area contributed by atoms with Crippen molar-refractivity contribution in [1.29, 1.82) is 0 Å². The molecule has 0 N–H and O–H groups in total. The first-order valence-corrected chi connectivity index (χ1v) is 8.03. The first kappa shape index (κ1) is 17.0. The number of rotatable bonds is 10. The molecule has 0 aromatic rings. The van der Waals surface area contributed by atoms with Crippen LogP contribution >= 0.6 is 0 Å². The van der Waals surface area contributed by atoms with Crippen LogP contribution in [0.5, 0.6) is 0 Å². The molecular formula is C17H36. The van der Waals surface area contributed by atoms with Gasteiger partial charge in [0.05, 0.1) is 0 Å². The molecule has 0 bridgehead atoms. The van der Waals surface area contributed by atoms with Gasteiger partial charge in [-0.15, -0.1) is 0 Å². The Morgan fingerprint density at radius 2 is 1.41 bits per heavy atom. The summed E-state index contributed by atoms with van der Waals surface area (Å²) in [5.41, 5.74) is 0.588. The van der Waals surface area contributed by atoms with Crippen LogP contribution in [0.3, 0.4) is 0 Å². The van der Waals surface area contributed by atoms with Crippen LogP contribution in [0.4, 0.5) is 0 Å². The molecule has 0 heteroatoms. The van der Waals surface area contributed by atoms with E-state index in [4.69, 9.17) is 0 Å². The van der Waals surface area contributed by atoms with E-state index in [1.165, 1.54) is 51.4 Å². The average Bonchev–Trinajstić information content (AvgIpc) is 2.28. The van der Waals surface area contributed by atoms with Gasteiger partial charge in [0, 0.05) is 0 Å². The molecular weight excluding hydrogens is 204 g/mol. The fourth-order valence-electron chi connectivity index (χ4n) is 3.44. The monoisotopic (exact) mass is 240 g/mol. The third kappa shape index (κ3) is 5.93. The summed E-state index contributed by atoms with van der Waals surface area (Å²) in [5, 5.41) is 0. The molecule has 0 aliphatic heterocycles. The Bertz CT molecular complexity index is 165. The van der Waals surface area contributed by atoms with Crippen LogP contribution in [0.2, 0.25) is 0 Å². The van der Waals surface area contributed by atoms with E-state index >= 15 is 0 Å². The van der Waals surface area contributed by atoms with E-state index < -0.39 is 0 Å². The molecule has 0 saturated heterocycles. The van der Waals surface area contributed by atoms with Crippen LogP contribution in [-0.4, -0.2) is 0 Å². The van der Waals surface area contributed by atoms with Gasteiger partial charge in [-0.05, 0) is 36.5 Å². The molecule has 0 aliphatic carbocycles. The smallest absolute Gasteiger partial charge is 0.0300 e. The van der Waals surface area contributed by atoms with Crippen molar-refractivity contribution in [3.05, 3.63) is 0 Å². The lowest BCUT2D eigenvalue weighted by atomic mass is 9.68. The van der Waals surface area contributed by atoms with Crippen molar-refractivity contribution >= 4 is 0 Å². The molecule has 104 valence electrons. The summed E-state index contributed by atoms with van der Waals surface area (Å²) in [7, 11) is 0. The number of hydrogen-bond acceptors (Lipinski definition) is 0. The van der Waals surface area contributed by atoms with Crippen LogP contribution in [0.1, 0.15) is 92.9 Å². The third-order valence-electron chi connectivity index (χ3n) is 4.79. The zero-order chi connectivity index (χ0) is 13.3. The fraction of sp³-hybridized carbons (Fsp3) is 1.00. The number of hydrogen-bond donors (Lipinski definition) is 0. The van der Waals surface area contributed by atoms with Gasteiger partial charge in [-0.1, -0.05) is 73.6 Å². The first-order chi connectivity index (χ1) is 8.03. The van der Waals surface area contributed by atoms with E-state index in [-0.39, 0.29) is 0 Å². The van der Waals surface area contributed by atoms with E-state index in [1.54, 1.807) is 0 Å². The molecule has 0 saturated carbocycles. The molecule has 0 rings (SSSR count). The molecule has 0 aromatic carbocycles. The minimum atomic E-state index is 0.588. The quantitative estimate of drug-likeness (QED) is 0.412. The van der Waals surface area contributed by atoms with Crippen molar-refractivity contribution in [2.75, 3.05) is 0 Å². The molecule has 0 aliphatic rings. The molecule has 0 nitrogen and oxygen atoms in total. The van der Waals surface area contributed by atoms with Crippen molar-refractivity contribution in [3.8, 4) is 0 Å². The van der Waals surface area contributed by atoms with E-state index in [1.807, 2.05) is 0 Å². The van der Waals surface area contributed by atoms with Gasteiger partial charge in [0.15, 0.2) is 0 Å². The first-order valence-electron chi connectivity index (χ1n) is 8.03. The Morgan fingerprint density at radius 1 is 0.882 bits per heavy atom. The standard InChI is InChI=1S/C17H36/c1-7-11-16(10-4)14-15(5)17(6,12-8-2)13-9-3/h15-16H,7-14H2,1-6H3. The second kappa shape index (κ2) is 9.00. The maximum atomic E-state index is 2.53. The summed E-state index contributed by atoms with van der Waals surface area (Å²) in [6, 6.07) is 0. The lowest BCUT2D eigenvalue weighted by molar-refractivity contribution is 0.133. The topological polar surface area (TPSA) is 0 Å². The molecule has 17 heavy (non-hydrogen) atoms. The van der Waals surface area contributed by atoms with Crippen molar-refractivity contribution in [2.24, 2.45) is 17.3 Å². The summed E-state index contributed by atoms with van der Waals surface area (Å²) in [6.45, 7) is 14.4. The fourth-order valence-corrected chi connectivity index (χ4v) is 3.44. The van der Waals surface area contributed by atoms with E-state index in [0.717, 1.165) is 11.8 Å². The Morgan fingerprint density at radius 3 is 1.76 bits per heavy atom. The van der Waals surface area contributed by atoms with Gasteiger partial charge in [0.2, 0.25) is 0 Å². The lowest BCUT2D eigenvalue weighted by Gasteiger charge is -2.37. The van der Waals surface area contributed by atoms with Crippen molar-refractivity contribution < 1.29 is 0 Å². The normalized spacial score (nSPS) is 15.9. The summed E-state index contributed by atoms with van der Waals surface area (Å²) in [4.78, 5) is 0. The predicted molar refractivity (Wildman–Crippen MR) is 80.4 cm³/mol. The highest BCUT2D eigenvalue weighted by atomic mass is 14.4. The Labute approximate surface area is 111 Å². The van der Waals surface area contributed by atoms with Gasteiger partial charge >= 0.3 is 0 Å². The molecule has 2 atom stereocenters. The maximum absolute atomic E-state index is 2.53. The van der Waals surface area contributed by atoms with E-state index in [2.05, 4.69) is 41.5 Å². The minimum Gasteiger partial charge on any atom is -0.0654 e. The Kier molecular flexibility index (Phi) is 9.00. The molecule has 0 spiro atoms. The van der Waals surface area contributed by atoms with Crippen molar-refractivity contribution in [1.82, 2.24) is 0 Å². The Balaban J connectivity index is 4.43. The van der Waals surface area contributed by atoms with Crippen LogP contribution in [0.15, 0.2) is 0 Å². The van der Waals surface area contributed by atoms with E-state index in [0.29, 0.717) is 5.41 Å². The van der Waals surface area contributed by atoms with Gasteiger partial charge in [0.25, 0.3) is 0 Å². The largest absolute Gasteiger partial charge is 0.0654 e. The van der Waals surface area contributed by atoms with Crippen LogP contribution in [-0.2, 0) is 0 Å². The van der Waals surface area contributed by atoms with Gasteiger partial charge in [-0.3, -0.25) is 0 Å². The average molecular weight is 240 g/mol. The minimum absolute atomic E-state index is 0.588. The molecule has 0 amide bonds. The van der Waals surface area contributed by atoms with Gasteiger partial charge in [-0.25, -0.2) is 0 Å². The highest BCUT2D eigenvalue weighted by Gasteiger charge is 2.30. The second-order valence-corrected chi connectivity index (χ2v) is 6.35.